The molecule has 1 aliphatic rings. The van der Waals surface area contributed by atoms with Gasteiger partial charge in [-0.3, -0.25) is 4.79 Å². The highest BCUT2D eigenvalue weighted by molar-refractivity contribution is 6.42. The Bertz CT molecular complexity index is 1050. The first-order valence-corrected chi connectivity index (χ1v) is 9.93. The zero-order valence-corrected chi connectivity index (χ0v) is 16.7. The summed E-state index contributed by atoms with van der Waals surface area (Å²) in [4.78, 5) is 13.8. The average molecular weight is 417 g/mol. The molecule has 0 aliphatic carbocycles. The molecular formula is C22H20Cl2NO3+. The van der Waals surface area contributed by atoms with Crippen LogP contribution in [-0.4, -0.2) is 6.54 Å². The van der Waals surface area contributed by atoms with Crippen molar-refractivity contribution in [2.45, 2.75) is 26.1 Å². The van der Waals surface area contributed by atoms with Gasteiger partial charge in [-0.25, -0.2) is 0 Å². The number of hydrogen-bond donors (Lipinski definition) is 1. The van der Waals surface area contributed by atoms with E-state index in [4.69, 9.17) is 32.4 Å². The molecule has 1 aromatic heterocycles. The first-order chi connectivity index (χ1) is 13.6. The number of ether oxygens (including phenoxy) is 1. The molecule has 28 heavy (non-hydrogen) atoms. The SMILES string of the molecule is O=c1cc(C[NH+]2CCc3ccccc3C2)occ1OCc1ccc(Cl)c(Cl)c1. The van der Waals surface area contributed by atoms with E-state index in [-0.39, 0.29) is 17.8 Å². The number of fused-ring (bicyclic) bond motifs is 1. The molecule has 2 heterocycles. The van der Waals surface area contributed by atoms with Crippen LogP contribution in [0.1, 0.15) is 22.5 Å². The van der Waals surface area contributed by atoms with Crippen molar-refractivity contribution >= 4 is 23.2 Å². The molecule has 0 fully saturated rings. The van der Waals surface area contributed by atoms with Crippen molar-refractivity contribution < 1.29 is 14.1 Å². The lowest BCUT2D eigenvalue weighted by molar-refractivity contribution is -0.930. The Morgan fingerprint density at radius 3 is 2.64 bits per heavy atom. The Morgan fingerprint density at radius 2 is 1.86 bits per heavy atom. The second-order valence-corrected chi connectivity index (χ2v) is 7.80. The first-order valence-electron chi connectivity index (χ1n) is 9.17. The van der Waals surface area contributed by atoms with Crippen molar-refractivity contribution in [2.75, 3.05) is 6.54 Å². The van der Waals surface area contributed by atoms with E-state index in [9.17, 15) is 4.79 Å². The molecule has 1 atom stereocenters. The highest BCUT2D eigenvalue weighted by atomic mass is 35.5. The topological polar surface area (TPSA) is 43.9 Å². The zero-order valence-electron chi connectivity index (χ0n) is 15.2. The summed E-state index contributed by atoms with van der Waals surface area (Å²) >= 11 is 11.9. The van der Waals surface area contributed by atoms with Crippen LogP contribution in [0.3, 0.4) is 0 Å². The second-order valence-electron chi connectivity index (χ2n) is 6.98. The Labute approximate surface area is 173 Å². The third kappa shape index (κ3) is 4.41. The van der Waals surface area contributed by atoms with Crippen LogP contribution in [0.15, 0.2) is 64.0 Å². The van der Waals surface area contributed by atoms with Crippen molar-refractivity contribution in [1.82, 2.24) is 0 Å². The monoisotopic (exact) mass is 416 g/mol. The molecule has 0 spiro atoms. The number of hydrogen-bond acceptors (Lipinski definition) is 3. The number of halogens is 2. The van der Waals surface area contributed by atoms with Crippen molar-refractivity contribution in [3.63, 3.8) is 0 Å². The van der Waals surface area contributed by atoms with E-state index in [1.165, 1.54) is 28.4 Å². The summed E-state index contributed by atoms with van der Waals surface area (Å²) in [6.07, 6.45) is 2.44. The van der Waals surface area contributed by atoms with E-state index < -0.39 is 0 Å². The van der Waals surface area contributed by atoms with Gasteiger partial charge in [0.05, 0.1) is 16.6 Å². The molecule has 1 aliphatic heterocycles. The molecule has 0 saturated carbocycles. The van der Waals surface area contributed by atoms with Crippen LogP contribution in [0, 0.1) is 0 Å². The lowest BCUT2D eigenvalue weighted by Gasteiger charge is -2.25. The number of quaternary nitrogens is 1. The molecule has 6 heteroatoms. The van der Waals surface area contributed by atoms with Gasteiger partial charge in [0.15, 0.2) is 5.76 Å². The summed E-state index contributed by atoms with van der Waals surface area (Å²) in [5.74, 6) is 0.857. The summed E-state index contributed by atoms with van der Waals surface area (Å²) in [5, 5.41) is 0.938. The van der Waals surface area contributed by atoms with Gasteiger partial charge in [-0.05, 0) is 23.3 Å². The normalized spacial score (nSPS) is 15.9. The van der Waals surface area contributed by atoms with E-state index >= 15 is 0 Å². The van der Waals surface area contributed by atoms with Crippen molar-refractivity contribution in [1.29, 1.82) is 0 Å². The third-order valence-electron chi connectivity index (χ3n) is 4.96. The average Bonchev–Trinajstić information content (AvgIpc) is 2.70. The lowest BCUT2D eigenvalue weighted by Crippen LogP contribution is -3.10. The van der Waals surface area contributed by atoms with Crippen LogP contribution in [0.25, 0.3) is 0 Å². The Hall–Kier alpha value is -2.27. The van der Waals surface area contributed by atoms with E-state index in [0.29, 0.717) is 22.4 Å². The molecule has 0 bridgehead atoms. The number of rotatable bonds is 5. The van der Waals surface area contributed by atoms with E-state index in [1.807, 2.05) is 6.07 Å². The Morgan fingerprint density at radius 1 is 1.04 bits per heavy atom. The van der Waals surface area contributed by atoms with Gasteiger partial charge in [-0.2, -0.15) is 0 Å². The van der Waals surface area contributed by atoms with Gasteiger partial charge in [0.25, 0.3) is 0 Å². The molecule has 2 aromatic carbocycles. The highest BCUT2D eigenvalue weighted by Crippen LogP contribution is 2.23. The minimum atomic E-state index is -0.182. The van der Waals surface area contributed by atoms with Gasteiger partial charge in [0, 0.05) is 18.1 Å². The quantitative estimate of drug-likeness (QED) is 0.689. The van der Waals surface area contributed by atoms with Crippen LogP contribution in [0.2, 0.25) is 10.0 Å². The fourth-order valence-corrected chi connectivity index (χ4v) is 3.79. The molecule has 144 valence electrons. The molecule has 1 N–H and O–H groups in total. The molecule has 4 rings (SSSR count). The maximum atomic E-state index is 12.4. The largest absolute Gasteiger partial charge is 0.482 e. The van der Waals surface area contributed by atoms with Crippen molar-refractivity contribution in [3.8, 4) is 5.75 Å². The molecular weight excluding hydrogens is 397 g/mol. The van der Waals surface area contributed by atoms with Crippen molar-refractivity contribution in [3.05, 3.63) is 97.5 Å². The summed E-state index contributed by atoms with van der Waals surface area (Å²) in [6, 6.07) is 15.3. The van der Waals surface area contributed by atoms with Gasteiger partial charge >= 0.3 is 0 Å². The maximum absolute atomic E-state index is 12.4. The highest BCUT2D eigenvalue weighted by Gasteiger charge is 2.20. The maximum Gasteiger partial charge on any atom is 0.227 e. The van der Waals surface area contributed by atoms with Crippen LogP contribution in [-0.2, 0) is 26.1 Å². The fraction of sp³-hybridized carbons (Fsp3) is 0.227. The summed E-state index contributed by atoms with van der Waals surface area (Å²) < 4.78 is 11.3. The van der Waals surface area contributed by atoms with Crippen LogP contribution in [0.5, 0.6) is 5.75 Å². The van der Waals surface area contributed by atoms with Crippen LogP contribution < -0.4 is 15.1 Å². The van der Waals surface area contributed by atoms with Gasteiger partial charge in [0.2, 0.25) is 11.2 Å². The summed E-state index contributed by atoms with van der Waals surface area (Å²) in [6.45, 7) is 2.86. The van der Waals surface area contributed by atoms with E-state index in [0.717, 1.165) is 25.1 Å². The standard InChI is InChI=1S/C22H19Cl2NO3/c23-19-6-5-15(9-20(19)24)13-28-22-14-27-18(10-21(22)26)12-25-8-7-16-3-1-2-4-17(16)11-25/h1-6,9-10,14H,7-8,11-13H2/p+1. The number of benzene rings is 2. The van der Waals surface area contributed by atoms with Crippen LogP contribution in [0.4, 0.5) is 0 Å². The van der Waals surface area contributed by atoms with Gasteiger partial charge < -0.3 is 14.1 Å². The predicted octanol–water partition coefficient (Wildman–Crippen LogP) is 3.67. The molecule has 4 nitrogen and oxygen atoms in total. The molecule has 0 amide bonds. The molecule has 3 aromatic rings. The number of nitrogens with one attached hydrogen (secondary N) is 1. The van der Waals surface area contributed by atoms with Gasteiger partial charge in [0.1, 0.15) is 26.0 Å². The van der Waals surface area contributed by atoms with Crippen LogP contribution >= 0.6 is 23.2 Å². The van der Waals surface area contributed by atoms with Gasteiger partial charge in [-0.15, -0.1) is 0 Å². The molecule has 1 unspecified atom stereocenters. The summed E-state index contributed by atoms with van der Waals surface area (Å²) in [7, 11) is 0. The second kappa shape index (κ2) is 8.39. The van der Waals surface area contributed by atoms with E-state index in [1.54, 1.807) is 12.1 Å². The third-order valence-corrected chi connectivity index (χ3v) is 5.70. The minimum absolute atomic E-state index is 0.182. The van der Waals surface area contributed by atoms with Gasteiger partial charge in [-0.1, -0.05) is 53.5 Å². The smallest absolute Gasteiger partial charge is 0.227 e. The Balaban J connectivity index is 1.39. The Kier molecular flexibility index (Phi) is 5.72. The molecule has 0 radical (unpaired) electrons. The van der Waals surface area contributed by atoms with E-state index in [2.05, 4.69) is 24.3 Å². The lowest BCUT2D eigenvalue weighted by atomic mass is 10.00. The first kappa shape index (κ1) is 19.1. The minimum Gasteiger partial charge on any atom is -0.482 e. The van der Waals surface area contributed by atoms with Crippen molar-refractivity contribution in [2.24, 2.45) is 0 Å². The fourth-order valence-electron chi connectivity index (χ4n) is 3.47. The predicted molar refractivity (Wildman–Crippen MR) is 109 cm³/mol. The zero-order chi connectivity index (χ0) is 19.5. The summed E-state index contributed by atoms with van der Waals surface area (Å²) in [5.41, 5.74) is 3.43. The molecule has 0 saturated heterocycles.